The van der Waals surface area contributed by atoms with Crippen molar-refractivity contribution in [2.75, 3.05) is 16.0 Å². The molecule has 7 heteroatoms. The van der Waals surface area contributed by atoms with E-state index in [-0.39, 0.29) is 5.91 Å². The van der Waals surface area contributed by atoms with Gasteiger partial charge in [-0.2, -0.15) is 4.98 Å². The van der Waals surface area contributed by atoms with E-state index < -0.39 is 0 Å². The highest BCUT2D eigenvalue weighted by Gasteiger charge is 2.08. The van der Waals surface area contributed by atoms with Crippen LogP contribution in [-0.4, -0.2) is 15.9 Å². The molecule has 0 radical (unpaired) electrons. The topological polar surface area (TPSA) is 78.9 Å². The molecule has 31 heavy (non-hydrogen) atoms. The van der Waals surface area contributed by atoms with Gasteiger partial charge in [0.25, 0.3) is 0 Å². The lowest BCUT2D eigenvalue weighted by atomic mass is 10.1. The van der Waals surface area contributed by atoms with E-state index in [0.717, 1.165) is 22.1 Å². The van der Waals surface area contributed by atoms with Crippen molar-refractivity contribution in [2.24, 2.45) is 0 Å². The van der Waals surface area contributed by atoms with E-state index in [9.17, 15) is 4.79 Å². The number of halogens is 1. The molecule has 3 N–H and O–H groups in total. The van der Waals surface area contributed by atoms with Gasteiger partial charge < -0.3 is 16.0 Å². The third-order valence-corrected chi connectivity index (χ3v) is 4.74. The van der Waals surface area contributed by atoms with Crippen molar-refractivity contribution in [3.05, 3.63) is 90.1 Å². The highest BCUT2D eigenvalue weighted by atomic mass is 35.5. The molecule has 4 aromatic rings. The van der Waals surface area contributed by atoms with Crippen molar-refractivity contribution in [1.29, 1.82) is 0 Å². The molecule has 4 rings (SSSR count). The predicted molar refractivity (Wildman–Crippen MR) is 127 cm³/mol. The Morgan fingerprint density at radius 3 is 2.52 bits per heavy atom. The first-order valence-electron chi connectivity index (χ1n) is 9.70. The Morgan fingerprint density at radius 2 is 1.68 bits per heavy atom. The van der Waals surface area contributed by atoms with Crippen LogP contribution in [0, 0.1) is 0 Å². The molecule has 0 saturated heterocycles. The van der Waals surface area contributed by atoms with E-state index in [0.29, 0.717) is 22.5 Å². The number of aromatic nitrogens is 2. The van der Waals surface area contributed by atoms with Crippen molar-refractivity contribution >= 4 is 57.1 Å². The standard InChI is InChI=1S/C24H20ClN5O/c1-2-6-22(31)27-18-9-5-10-19(14-18)29-24-26-15-21(25)23(30-24)28-20-12-11-16-7-3-4-8-17(16)13-20/h2-15H,1H3,(H,27,31)(H2,26,28,29,30)/b6-2+. The SMILES string of the molecule is C/C=C/C(=O)Nc1cccc(Nc2ncc(Cl)c(Nc3ccc4ccccc4c3)n2)c1. The van der Waals surface area contributed by atoms with E-state index >= 15 is 0 Å². The van der Waals surface area contributed by atoms with Crippen LogP contribution in [0.2, 0.25) is 5.02 Å². The van der Waals surface area contributed by atoms with Crippen LogP contribution in [0.3, 0.4) is 0 Å². The first-order valence-corrected chi connectivity index (χ1v) is 10.1. The normalized spacial score (nSPS) is 10.9. The average molecular weight is 430 g/mol. The molecule has 0 bridgehead atoms. The second-order valence-electron chi connectivity index (χ2n) is 6.77. The van der Waals surface area contributed by atoms with Crippen molar-refractivity contribution in [1.82, 2.24) is 9.97 Å². The third-order valence-electron chi connectivity index (χ3n) is 4.46. The second kappa shape index (κ2) is 9.28. The maximum atomic E-state index is 11.8. The molecule has 0 aliphatic rings. The third kappa shape index (κ3) is 5.18. The van der Waals surface area contributed by atoms with E-state index in [4.69, 9.17) is 11.6 Å². The van der Waals surface area contributed by atoms with Gasteiger partial charge in [0.1, 0.15) is 5.02 Å². The molecule has 0 saturated carbocycles. The molecule has 0 unspecified atom stereocenters. The Morgan fingerprint density at radius 1 is 0.903 bits per heavy atom. The van der Waals surface area contributed by atoms with Crippen molar-refractivity contribution in [3.8, 4) is 0 Å². The minimum absolute atomic E-state index is 0.190. The van der Waals surface area contributed by atoms with Crippen LogP contribution in [0.5, 0.6) is 0 Å². The van der Waals surface area contributed by atoms with Gasteiger partial charge in [-0.3, -0.25) is 4.79 Å². The number of hydrogen-bond acceptors (Lipinski definition) is 5. The zero-order chi connectivity index (χ0) is 21.6. The number of hydrogen-bond donors (Lipinski definition) is 3. The number of rotatable bonds is 6. The summed E-state index contributed by atoms with van der Waals surface area (Å²) in [7, 11) is 0. The number of anilines is 5. The quantitative estimate of drug-likeness (QED) is 0.314. The number of amides is 1. The van der Waals surface area contributed by atoms with Crippen molar-refractivity contribution in [3.63, 3.8) is 0 Å². The zero-order valence-electron chi connectivity index (χ0n) is 16.8. The summed E-state index contributed by atoms with van der Waals surface area (Å²) in [6.07, 6.45) is 4.69. The first-order chi connectivity index (χ1) is 15.1. The molecule has 0 aliphatic heterocycles. The fraction of sp³-hybridized carbons (Fsp3) is 0.0417. The largest absolute Gasteiger partial charge is 0.339 e. The van der Waals surface area contributed by atoms with Crippen LogP contribution < -0.4 is 16.0 Å². The van der Waals surface area contributed by atoms with Gasteiger partial charge in [0.05, 0.1) is 6.20 Å². The molecule has 0 aliphatic carbocycles. The van der Waals surface area contributed by atoms with E-state index in [1.807, 2.05) is 48.5 Å². The maximum absolute atomic E-state index is 11.8. The fourth-order valence-electron chi connectivity index (χ4n) is 3.06. The lowest BCUT2D eigenvalue weighted by Crippen LogP contribution is -2.08. The summed E-state index contributed by atoms with van der Waals surface area (Å²) in [6, 6.07) is 21.5. The Bertz CT molecular complexity index is 1270. The summed E-state index contributed by atoms with van der Waals surface area (Å²) in [6.45, 7) is 1.79. The molecule has 6 nitrogen and oxygen atoms in total. The summed E-state index contributed by atoms with van der Waals surface area (Å²) in [5.41, 5.74) is 2.27. The lowest BCUT2D eigenvalue weighted by Gasteiger charge is -2.11. The number of allylic oxidation sites excluding steroid dienone is 1. The van der Waals surface area contributed by atoms with Gasteiger partial charge in [-0.1, -0.05) is 54.1 Å². The fourth-order valence-corrected chi connectivity index (χ4v) is 3.20. The minimum Gasteiger partial charge on any atom is -0.339 e. The Labute approximate surface area is 185 Å². The Hall–Kier alpha value is -3.90. The van der Waals surface area contributed by atoms with E-state index in [2.05, 4.69) is 38.1 Å². The summed E-state index contributed by atoms with van der Waals surface area (Å²) in [5, 5.41) is 11.9. The Kier molecular flexibility index (Phi) is 6.10. The Balaban J connectivity index is 1.53. The average Bonchev–Trinajstić information content (AvgIpc) is 2.76. The van der Waals surface area contributed by atoms with Gasteiger partial charge in [-0.25, -0.2) is 4.98 Å². The number of carbonyl (C=O) groups excluding carboxylic acids is 1. The molecule has 1 heterocycles. The van der Waals surface area contributed by atoms with Gasteiger partial charge in [-0.05, 0) is 54.1 Å². The van der Waals surface area contributed by atoms with Crippen LogP contribution in [0.15, 0.2) is 85.1 Å². The molecule has 0 spiro atoms. The van der Waals surface area contributed by atoms with Crippen LogP contribution in [0.4, 0.5) is 28.8 Å². The predicted octanol–water partition coefficient (Wildman–Crippen LogP) is 6.29. The molecule has 154 valence electrons. The molecule has 1 amide bonds. The van der Waals surface area contributed by atoms with E-state index in [1.54, 1.807) is 19.1 Å². The van der Waals surface area contributed by atoms with E-state index in [1.165, 1.54) is 12.3 Å². The minimum atomic E-state index is -0.190. The van der Waals surface area contributed by atoms with Crippen LogP contribution in [0.1, 0.15) is 6.92 Å². The van der Waals surface area contributed by atoms with Crippen molar-refractivity contribution < 1.29 is 4.79 Å². The summed E-state index contributed by atoms with van der Waals surface area (Å²) in [4.78, 5) is 20.5. The summed E-state index contributed by atoms with van der Waals surface area (Å²) < 4.78 is 0. The number of nitrogens with zero attached hydrogens (tertiary/aromatic N) is 2. The smallest absolute Gasteiger partial charge is 0.248 e. The number of benzene rings is 3. The van der Waals surface area contributed by atoms with Gasteiger partial charge in [0, 0.05) is 17.1 Å². The van der Waals surface area contributed by atoms with Crippen LogP contribution >= 0.6 is 11.6 Å². The lowest BCUT2D eigenvalue weighted by molar-refractivity contribution is -0.111. The summed E-state index contributed by atoms with van der Waals surface area (Å²) in [5.74, 6) is 0.681. The number of carbonyl (C=O) groups is 1. The maximum Gasteiger partial charge on any atom is 0.248 e. The monoisotopic (exact) mass is 429 g/mol. The highest BCUT2D eigenvalue weighted by molar-refractivity contribution is 6.32. The molecular formula is C24H20ClN5O. The zero-order valence-corrected chi connectivity index (χ0v) is 17.5. The van der Waals surface area contributed by atoms with Gasteiger partial charge >= 0.3 is 0 Å². The molecule has 0 fully saturated rings. The highest BCUT2D eigenvalue weighted by Crippen LogP contribution is 2.27. The second-order valence-corrected chi connectivity index (χ2v) is 7.18. The van der Waals surface area contributed by atoms with Gasteiger partial charge in [0.15, 0.2) is 5.82 Å². The molecular weight excluding hydrogens is 410 g/mol. The number of nitrogens with one attached hydrogen (secondary N) is 3. The molecule has 3 aromatic carbocycles. The first kappa shape index (κ1) is 20.4. The van der Waals surface area contributed by atoms with Crippen LogP contribution in [-0.2, 0) is 4.79 Å². The van der Waals surface area contributed by atoms with Crippen molar-refractivity contribution in [2.45, 2.75) is 6.92 Å². The van der Waals surface area contributed by atoms with Gasteiger partial charge in [0.2, 0.25) is 11.9 Å². The van der Waals surface area contributed by atoms with Gasteiger partial charge in [-0.15, -0.1) is 0 Å². The number of fused-ring (bicyclic) bond motifs is 1. The molecule has 0 atom stereocenters. The van der Waals surface area contributed by atoms with Crippen LogP contribution in [0.25, 0.3) is 10.8 Å². The summed E-state index contributed by atoms with van der Waals surface area (Å²) >= 11 is 6.31. The molecule has 1 aromatic heterocycles.